The van der Waals surface area contributed by atoms with Crippen molar-refractivity contribution in [3.05, 3.63) is 28.8 Å². The lowest BCUT2D eigenvalue weighted by Crippen LogP contribution is -2.47. The summed E-state index contributed by atoms with van der Waals surface area (Å²) in [4.78, 5) is 23.7. The normalized spacial score (nSPS) is 13.7. The van der Waals surface area contributed by atoms with Crippen molar-refractivity contribution >= 4 is 35.2 Å². The summed E-state index contributed by atoms with van der Waals surface area (Å²) in [6.07, 6.45) is 0.643. The first-order valence-electron chi connectivity index (χ1n) is 5.42. The van der Waals surface area contributed by atoms with Crippen LogP contribution in [0.15, 0.2) is 23.1 Å². The quantitative estimate of drug-likeness (QED) is 0.720. The largest absolute Gasteiger partial charge is 0.480 e. The van der Waals surface area contributed by atoms with Gasteiger partial charge in [0.2, 0.25) is 0 Å². The highest BCUT2D eigenvalue weighted by Crippen LogP contribution is 2.23. The number of carbonyl (C=O) groups excluding carboxylic acids is 1. The predicted molar refractivity (Wildman–Crippen MR) is 73.8 cm³/mol. The van der Waals surface area contributed by atoms with E-state index in [4.69, 9.17) is 16.7 Å². The Morgan fingerprint density at radius 1 is 1.42 bits per heavy atom. The minimum atomic E-state index is -1.37. The number of carboxylic acid groups (broad SMARTS) is 1. The van der Waals surface area contributed by atoms with Crippen LogP contribution in [0.2, 0.25) is 5.02 Å². The monoisotopic (exact) mass is 303 g/mol. The van der Waals surface area contributed by atoms with E-state index in [-0.39, 0.29) is 10.6 Å². The zero-order valence-corrected chi connectivity index (χ0v) is 12.0. The van der Waals surface area contributed by atoms with Gasteiger partial charge in [0.05, 0.1) is 16.7 Å². The first-order valence-corrected chi connectivity index (χ1v) is 7.02. The molecular weight excluding hydrogens is 290 g/mol. The summed E-state index contributed by atoms with van der Waals surface area (Å²) in [7, 11) is 0. The molecule has 0 fully saturated rings. The van der Waals surface area contributed by atoms with Crippen LogP contribution in [0.1, 0.15) is 17.3 Å². The molecule has 2 atom stereocenters. The number of halogens is 1. The molecule has 104 valence electrons. The van der Waals surface area contributed by atoms with Crippen LogP contribution in [-0.4, -0.2) is 40.5 Å². The van der Waals surface area contributed by atoms with E-state index < -0.39 is 24.0 Å². The summed E-state index contributed by atoms with van der Waals surface area (Å²) in [5, 5.41) is 20.7. The van der Waals surface area contributed by atoms with Crippen molar-refractivity contribution in [2.24, 2.45) is 0 Å². The number of nitrogens with one attached hydrogen (secondary N) is 1. The average molecular weight is 304 g/mol. The van der Waals surface area contributed by atoms with E-state index in [9.17, 15) is 14.7 Å². The second-order valence-corrected chi connectivity index (χ2v) is 5.16. The lowest BCUT2D eigenvalue weighted by Gasteiger charge is -2.17. The third-order valence-electron chi connectivity index (χ3n) is 2.45. The fourth-order valence-corrected chi connectivity index (χ4v) is 2.06. The van der Waals surface area contributed by atoms with E-state index in [2.05, 4.69) is 5.32 Å². The summed E-state index contributed by atoms with van der Waals surface area (Å²) >= 11 is 7.35. The van der Waals surface area contributed by atoms with Crippen LogP contribution in [0.4, 0.5) is 0 Å². The van der Waals surface area contributed by atoms with Crippen LogP contribution in [0.5, 0.6) is 0 Å². The predicted octanol–water partition coefficient (Wildman–Crippen LogP) is 1.63. The van der Waals surface area contributed by atoms with Crippen LogP contribution in [0.3, 0.4) is 0 Å². The number of amides is 1. The summed E-state index contributed by atoms with van der Waals surface area (Å²) in [5.41, 5.74) is 0.181. The number of carbonyl (C=O) groups is 2. The number of thioether (sulfide) groups is 1. The molecule has 0 saturated carbocycles. The molecule has 5 nitrogen and oxygen atoms in total. The highest BCUT2D eigenvalue weighted by molar-refractivity contribution is 7.98. The molecule has 7 heteroatoms. The van der Waals surface area contributed by atoms with Gasteiger partial charge in [-0.1, -0.05) is 11.6 Å². The Balaban J connectivity index is 2.97. The van der Waals surface area contributed by atoms with Crippen LogP contribution >= 0.6 is 23.4 Å². The van der Waals surface area contributed by atoms with E-state index in [0.717, 1.165) is 4.90 Å². The number of hydrogen-bond acceptors (Lipinski definition) is 4. The molecule has 0 bridgehead atoms. The van der Waals surface area contributed by atoms with E-state index in [1.54, 1.807) is 18.2 Å². The minimum Gasteiger partial charge on any atom is -0.480 e. The van der Waals surface area contributed by atoms with Gasteiger partial charge in [0, 0.05) is 4.90 Å². The number of rotatable bonds is 5. The van der Waals surface area contributed by atoms with Crippen LogP contribution < -0.4 is 5.32 Å². The Hall–Kier alpha value is -1.24. The summed E-state index contributed by atoms with van der Waals surface area (Å²) in [6, 6.07) is 3.53. The smallest absolute Gasteiger partial charge is 0.328 e. The molecule has 0 radical (unpaired) electrons. The van der Waals surface area contributed by atoms with Gasteiger partial charge in [-0.25, -0.2) is 4.79 Å². The SMILES string of the molecule is CSc1ccc(Cl)c(C(=O)N[C@H](C(=O)O)[C@@H](C)O)c1. The van der Waals surface area contributed by atoms with Gasteiger partial charge >= 0.3 is 5.97 Å². The second kappa shape index (κ2) is 6.79. The molecule has 0 aliphatic rings. The number of carboxylic acids is 1. The number of benzene rings is 1. The van der Waals surface area contributed by atoms with Gasteiger partial charge in [-0.3, -0.25) is 4.79 Å². The molecule has 1 amide bonds. The maximum Gasteiger partial charge on any atom is 0.328 e. The fourth-order valence-electron chi connectivity index (χ4n) is 1.41. The van der Waals surface area contributed by atoms with Gasteiger partial charge in [-0.05, 0) is 31.4 Å². The Morgan fingerprint density at radius 2 is 2.05 bits per heavy atom. The minimum absolute atomic E-state index is 0.181. The van der Waals surface area contributed by atoms with E-state index >= 15 is 0 Å². The number of aliphatic hydroxyl groups excluding tert-OH is 1. The van der Waals surface area contributed by atoms with Gasteiger partial charge in [0.15, 0.2) is 6.04 Å². The standard InChI is InChI=1S/C12H14ClNO4S/c1-6(15)10(12(17)18)14-11(16)8-5-7(19-2)3-4-9(8)13/h3-6,10,15H,1-2H3,(H,14,16)(H,17,18)/t6-,10+/m1/s1. The van der Waals surface area contributed by atoms with Crippen LogP contribution in [0.25, 0.3) is 0 Å². The molecule has 0 aromatic heterocycles. The van der Waals surface area contributed by atoms with E-state index in [1.165, 1.54) is 18.7 Å². The van der Waals surface area contributed by atoms with Gasteiger partial charge in [-0.2, -0.15) is 0 Å². The lowest BCUT2D eigenvalue weighted by molar-refractivity contribution is -0.141. The van der Waals surface area contributed by atoms with Crippen LogP contribution in [-0.2, 0) is 4.79 Å². The number of aliphatic hydroxyl groups is 1. The molecule has 1 aromatic rings. The lowest BCUT2D eigenvalue weighted by atomic mass is 10.1. The molecule has 0 aliphatic carbocycles. The van der Waals surface area contributed by atoms with Crippen molar-refractivity contribution in [3.63, 3.8) is 0 Å². The Labute approximate surface area is 120 Å². The molecule has 0 aliphatic heterocycles. The van der Waals surface area contributed by atoms with Gasteiger partial charge in [-0.15, -0.1) is 11.8 Å². The summed E-state index contributed by atoms with van der Waals surface area (Å²) in [6.45, 7) is 1.29. The van der Waals surface area contributed by atoms with Gasteiger partial charge < -0.3 is 15.5 Å². The number of hydrogen-bond donors (Lipinski definition) is 3. The molecule has 0 saturated heterocycles. The average Bonchev–Trinajstić information content (AvgIpc) is 2.35. The maximum absolute atomic E-state index is 12.0. The van der Waals surface area contributed by atoms with Crippen LogP contribution in [0, 0.1) is 0 Å². The van der Waals surface area contributed by atoms with Crippen molar-refractivity contribution in [2.75, 3.05) is 6.26 Å². The van der Waals surface area contributed by atoms with Crippen molar-refractivity contribution < 1.29 is 19.8 Å². The molecular formula is C12H14ClNO4S. The molecule has 3 N–H and O–H groups in total. The molecule has 1 aromatic carbocycles. The zero-order valence-electron chi connectivity index (χ0n) is 10.4. The Morgan fingerprint density at radius 3 is 2.53 bits per heavy atom. The molecule has 19 heavy (non-hydrogen) atoms. The highest BCUT2D eigenvalue weighted by atomic mass is 35.5. The van der Waals surface area contributed by atoms with Gasteiger partial charge in [0.1, 0.15) is 0 Å². The first kappa shape index (κ1) is 15.8. The maximum atomic E-state index is 12.0. The zero-order chi connectivity index (χ0) is 14.6. The topological polar surface area (TPSA) is 86.6 Å². The third kappa shape index (κ3) is 4.12. The Kier molecular flexibility index (Phi) is 5.65. The summed E-state index contributed by atoms with van der Waals surface area (Å²) in [5.74, 6) is -1.94. The van der Waals surface area contributed by atoms with Crippen molar-refractivity contribution in [3.8, 4) is 0 Å². The third-order valence-corrected chi connectivity index (χ3v) is 3.51. The van der Waals surface area contributed by atoms with Crippen molar-refractivity contribution in [1.82, 2.24) is 5.32 Å². The second-order valence-electron chi connectivity index (χ2n) is 3.88. The highest BCUT2D eigenvalue weighted by Gasteiger charge is 2.26. The molecule has 0 spiro atoms. The van der Waals surface area contributed by atoms with E-state index in [1.807, 2.05) is 6.26 Å². The van der Waals surface area contributed by atoms with Crippen molar-refractivity contribution in [2.45, 2.75) is 24.0 Å². The Bertz CT molecular complexity index is 493. The fraction of sp³-hybridized carbons (Fsp3) is 0.333. The van der Waals surface area contributed by atoms with E-state index in [0.29, 0.717) is 0 Å². The molecule has 1 rings (SSSR count). The van der Waals surface area contributed by atoms with Crippen molar-refractivity contribution in [1.29, 1.82) is 0 Å². The van der Waals surface area contributed by atoms with Gasteiger partial charge in [0.25, 0.3) is 5.91 Å². The number of aliphatic carboxylic acids is 1. The molecule has 0 heterocycles. The molecule has 0 unspecified atom stereocenters. The first-order chi connectivity index (χ1) is 8.86. The summed E-state index contributed by atoms with van der Waals surface area (Å²) < 4.78 is 0.